The second-order valence-corrected chi connectivity index (χ2v) is 5.54. The average Bonchev–Trinajstić information content (AvgIpc) is 2.26. The summed E-state index contributed by atoms with van der Waals surface area (Å²) in [5.74, 6) is 0.734. The SMILES string of the molecule is COc1ccc(Cl)cc1N1CC(=O)NC(C)(C)C1. The van der Waals surface area contributed by atoms with Gasteiger partial charge in [-0.05, 0) is 32.0 Å². The molecule has 0 saturated carbocycles. The fourth-order valence-corrected chi connectivity index (χ4v) is 2.41. The van der Waals surface area contributed by atoms with Gasteiger partial charge in [-0.2, -0.15) is 0 Å². The van der Waals surface area contributed by atoms with Gasteiger partial charge in [-0.3, -0.25) is 4.79 Å². The van der Waals surface area contributed by atoms with Crippen LogP contribution in [0.3, 0.4) is 0 Å². The van der Waals surface area contributed by atoms with Crippen molar-refractivity contribution in [3.05, 3.63) is 23.2 Å². The smallest absolute Gasteiger partial charge is 0.239 e. The number of amides is 1. The maximum absolute atomic E-state index is 11.7. The highest BCUT2D eigenvalue weighted by Gasteiger charge is 2.31. The number of anilines is 1. The fourth-order valence-electron chi connectivity index (χ4n) is 2.24. The van der Waals surface area contributed by atoms with E-state index < -0.39 is 0 Å². The van der Waals surface area contributed by atoms with Crippen molar-refractivity contribution in [1.29, 1.82) is 0 Å². The lowest BCUT2D eigenvalue weighted by Gasteiger charge is -2.40. The van der Waals surface area contributed by atoms with E-state index in [0.717, 1.165) is 18.0 Å². The molecule has 98 valence electrons. The maximum Gasteiger partial charge on any atom is 0.239 e. The molecule has 1 heterocycles. The zero-order valence-electron chi connectivity index (χ0n) is 10.8. The Morgan fingerprint density at radius 2 is 2.17 bits per heavy atom. The van der Waals surface area contributed by atoms with Gasteiger partial charge in [-0.1, -0.05) is 11.6 Å². The number of hydrogen-bond acceptors (Lipinski definition) is 3. The number of benzene rings is 1. The van der Waals surface area contributed by atoms with Gasteiger partial charge in [0.15, 0.2) is 0 Å². The van der Waals surface area contributed by atoms with Gasteiger partial charge in [-0.15, -0.1) is 0 Å². The van der Waals surface area contributed by atoms with Crippen LogP contribution < -0.4 is 15.0 Å². The summed E-state index contributed by atoms with van der Waals surface area (Å²) in [4.78, 5) is 13.7. The summed E-state index contributed by atoms with van der Waals surface area (Å²) < 4.78 is 5.32. The maximum atomic E-state index is 11.7. The van der Waals surface area contributed by atoms with E-state index in [0.29, 0.717) is 11.6 Å². The summed E-state index contributed by atoms with van der Waals surface area (Å²) in [6.07, 6.45) is 0. The van der Waals surface area contributed by atoms with Crippen LogP contribution in [0, 0.1) is 0 Å². The van der Waals surface area contributed by atoms with Gasteiger partial charge in [0.1, 0.15) is 5.75 Å². The van der Waals surface area contributed by atoms with Crippen molar-refractivity contribution >= 4 is 23.2 Å². The molecule has 1 aliphatic rings. The summed E-state index contributed by atoms with van der Waals surface area (Å²) in [7, 11) is 1.61. The monoisotopic (exact) mass is 268 g/mol. The van der Waals surface area contributed by atoms with E-state index in [1.807, 2.05) is 30.9 Å². The molecule has 4 nitrogen and oxygen atoms in total. The first-order valence-electron chi connectivity index (χ1n) is 5.81. The molecule has 2 rings (SSSR count). The van der Waals surface area contributed by atoms with Crippen LogP contribution in [0.25, 0.3) is 0 Å². The summed E-state index contributed by atoms with van der Waals surface area (Å²) >= 11 is 6.02. The van der Waals surface area contributed by atoms with Crippen molar-refractivity contribution in [1.82, 2.24) is 5.32 Å². The van der Waals surface area contributed by atoms with Crippen molar-refractivity contribution in [3.8, 4) is 5.75 Å². The third-order valence-electron chi connectivity index (χ3n) is 2.88. The van der Waals surface area contributed by atoms with Gasteiger partial charge in [0.05, 0.1) is 24.9 Å². The minimum Gasteiger partial charge on any atom is -0.495 e. The van der Waals surface area contributed by atoms with E-state index in [2.05, 4.69) is 5.32 Å². The minimum absolute atomic E-state index is 0.00767. The quantitative estimate of drug-likeness (QED) is 0.893. The second-order valence-electron chi connectivity index (χ2n) is 5.10. The highest BCUT2D eigenvalue weighted by atomic mass is 35.5. The fraction of sp³-hybridized carbons (Fsp3) is 0.462. The van der Waals surface area contributed by atoms with E-state index in [-0.39, 0.29) is 11.4 Å². The largest absolute Gasteiger partial charge is 0.495 e. The Morgan fingerprint density at radius 3 is 2.78 bits per heavy atom. The predicted molar refractivity (Wildman–Crippen MR) is 72.4 cm³/mol. The first-order chi connectivity index (χ1) is 8.41. The number of hydrogen-bond donors (Lipinski definition) is 1. The van der Waals surface area contributed by atoms with E-state index >= 15 is 0 Å². The molecule has 18 heavy (non-hydrogen) atoms. The van der Waals surface area contributed by atoms with Crippen molar-refractivity contribution in [2.75, 3.05) is 25.1 Å². The molecule has 1 aromatic carbocycles. The molecule has 5 heteroatoms. The van der Waals surface area contributed by atoms with Crippen LogP contribution in [-0.2, 0) is 4.79 Å². The summed E-state index contributed by atoms with van der Waals surface area (Å²) in [5.41, 5.74) is 0.593. The van der Waals surface area contributed by atoms with Gasteiger partial charge in [0.25, 0.3) is 0 Å². The van der Waals surface area contributed by atoms with Crippen molar-refractivity contribution < 1.29 is 9.53 Å². The topological polar surface area (TPSA) is 41.6 Å². The molecule has 1 aliphatic heterocycles. The normalized spacial score (nSPS) is 18.4. The Balaban J connectivity index is 2.35. The van der Waals surface area contributed by atoms with E-state index in [1.54, 1.807) is 13.2 Å². The number of halogens is 1. The predicted octanol–water partition coefficient (Wildman–Crippen LogP) is 2.06. The Morgan fingerprint density at radius 1 is 1.44 bits per heavy atom. The highest BCUT2D eigenvalue weighted by Crippen LogP contribution is 2.32. The van der Waals surface area contributed by atoms with Crippen LogP contribution in [0.15, 0.2) is 18.2 Å². The van der Waals surface area contributed by atoms with Gasteiger partial charge < -0.3 is 15.0 Å². The van der Waals surface area contributed by atoms with E-state index in [4.69, 9.17) is 16.3 Å². The Hall–Kier alpha value is -1.42. The zero-order chi connectivity index (χ0) is 13.3. The summed E-state index contributed by atoms with van der Waals surface area (Å²) in [6.45, 7) is 5.03. The van der Waals surface area contributed by atoms with Crippen molar-refractivity contribution in [2.24, 2.45) is 0 Å². The molecule has 0 bridgehead atoms. The van der Waals surface area contributed by atoms with Gasteiger partial charge in [0.2, 0.25) is 5.91 Å². The summed E-state index contributed by atoms with van der Waals surface area (Å²) in [6, 6.07) is 5.42. The standard InChI is InChI=1S/C13H17ClN2O2/c1-13(2)8-16(7-12(17)15-13)10-6-9(14)4-5-11(10)18-3/h4-6H,7-8H2,1-3H3,(H,15,17). The molecule has 0 aromatic heterocycles. The minimum atomic E-state index is -0.261. The number of piperazine rings is 1. The highest BCUT2D eigenvalue weighted by molar-refractivity contribution is 6.31. The number of ether oxygens (including phenoxy) is 1. The molecule has 0 unspecified atom stereocenters. The number of methoxy groups -OCH3 is 1. The Kier molecular flexibility index (Phi) is 3.39. The molecule has 1 aromatic rings. The lowest BCUT2D eigenvalue weighted by atomic mass is 10.0. The van der Waals surface area contributed by atoms with Crippen LogP contribution in [-0.4, -0.2) is 31.6 Å². The van der Waals surface area contributed by atoms with Crippen LogP contribution in [0.5, 0.6) is 5.75 Å². The van der Waals surface area contributed by atoms with Crippen molar-refractivity contribution in [3.63, 3.8) is 0 Å². The molecule has 0 radical (unpaired) electrons. The number of carbonyl (C=O) groups excluding carboxylic acids is 1. The molecular formula is C13H17ClN2O2. The molecule has 0 spiro atoms. The summed E-state index contributed by atoms with van der Waals surface area (Å²) in [5, 5.41) is 3.59. The molecule has 1 fully saturated rings. The first kappa shape index (κ1) is 13.0. The molecule has 1 saturated heterocycles. The Bertz CT molecular complexity index is 474. The molecule has 1 N–H and O–H groups in total. The van der Waals surface area contributed by atoms with Crippen LogP contribution >= 0.6 is 11.6 Å². The van der Waals surface area contributed by atoms with Crippen LogP contribution in [0.2, 0.25) is 5.02 Å². The number of nitrogens with zero attached hydrogens (tertiary/aromatic N) is 1. The molecule has 0 atom stereocenters. The zero-order valence-corrected chi connectivity index (χ0v) is 11.5. The van der Waals surface area contributed by atoms with Crippen LogP contribution in [0.1, 0.15) is 13.8 Å². The molecular weight excluding hydrogens is 252 g/mol. The van der Waals surface area contributed by atoms with Crippen LogP contribution in [0.4, 0.5) is 5.69 Å². The van der Waals surface area contributed by atoms with Gasteiger partial charge >= 0.3 is 0 Å². The third-order valence-corrected chi connectivity index (χ3v) is 3.12. The van der Waals surface area contributed by atoms with Crippen molar-refractivity contribution in [2.45, 2.75) is 19.4 Å². The lowest BCUT2D eigenvalue weighted by Crippen LogP contribution is -2.60. The lowest BCUT2D eigenvalue weighted by molar-refractivity contribution is -0.122. The number of nitrogens with one attached hydrogen (secondary N) is 1. The van der Waals surface area contributed by atoms with Gasteiger partial charge in [-0.25, -0.2) is 0 Å². The molecule has 1 amide bonds. The van der Waals surface area contributed by atoms with E-state index in [9.17, 15) is 4.79 Å². The number of rotatable bonds is 2. The third kappa shape index (κ3) is 2.70. The average molecular weight is 269 g/mol. The Labute approximate surface area is 112 Å². The number of carbonyl (C=O) groups is 1. The molecule has 0 aliphatic carbocycles. The van der Waals surface area contributed by atoms with Gasteiger partial charge in [0, 0.05) is 11.6 Å². The first-order valence-corrected chi connectivity index (χ1v) is 6.18. The van der Waals surface area contributed by atoms with E-state index in [1.165, 1.54) is 0 Å². The second kappa shape index (κ2) is 4.69.